The Morgan fingerprint density at radius 2 is 2.04 bits per heavy atom. The van der Waals surface area contributed by atoms with E-state index in [1.807, 2.05) is 32.0 Å². The molecule has 132 valence electrons. The Balaban J connectivity index is 1.94. The molecule has 1 atom stereocenters. The molecule has 2 aromatic rings. The van der Waals surface area contributed by atoms with Gasteiger partial charge in [0, 0.05) is 23.1 Å². The summed E-state index contributed by atoms with van der Waals surface area (Å²) in [5.41, 5.74) is 3.91. The number of benzene rings is 2. The fraction of sp³-hybridized carbons (Fsp3) is 0.333. The molecule has 0 spiro atoms. The van der Waals surface area contributed by atoms with Crippen LogP contribution in [-0.2, 0) is 12.8 Å². The van der Waals surface area contributed by atoms with Crippen molar-refractivity contribution in [2.75, 3.05) is 13.7 Å². The lowest BCUT2D eigenvalue weighted by Crippen LogP contribution is -2.19. The molecule has 1 heterocycles. The van der Waals surface area contributed by atoms with Gasteiger partial charge in [-0.2, -0.15) is 0 Å². The van der Waals surface area contributed by atoms with E-state index >= 15 is 0 Å². The van der Waals surface area contributed by atoms with Gasteiger partial charge < -0.3 is 19.7 Å². The van der Waals surface area contributed by atoms with E-state index in [4.69, 9.17) is 9.47 Å². The van der Waals surface area contributed by atoms with Crippen LogP contribution in [0.4, 0.5) is 0 Å². The summed E-state index contributed by atoms with van der Waals surface area (Å²) < 4.78 is 11.2. The zero-order valence-corrected chi connectivity index (χ0v) is 14.9. The lowest BCUT2D eigenvalue weighted by Gasteiger charge is -2.27. The van der Waals surface area contributed by atoms with Crippen LogP contribution in [0.5, 0.6) is 23.0 Å². The van der Waals surface area contributed by atoms with Crippen molar-refractivity contribution >= 4 is 0 Å². The Bertz CT molecular complexity index is 804. The SMILES string of the molecule is COc1ccc([C@@H]2COc3cc(O)ccc3C2)c(O)c1CC=C(C)C. The fourth-order valence-corrected chi connectivity index (χ4v) is 3.22. The number of hydrogen-bond acceptors (Lipinski definition) is 4. The minimum absolute atomic E-state index is 0.0633. The number of ether oxygens (including phenoxy) is 2. The van der Waals surface area contributed by atoms with Gasteiger partial charge >= 0.3 is 0 Å². The molecule has 0 amide bonds. The molecule has 3 rings (SSSR count). The van der Waals surface area contributed by atoms with Crippen LogP contribution in [0, 0.1) is 0 Å². The Hall–Kier alpha value is -2.62. The summed E-state index contributed by atoms with van der Waals surface area (Å²) in [6.07, 6.45) is 3.47. The molecule has 0 bridgehead atoms. The molecule has 1 aliphatic heterocycles. The van der Waals surface area contributed by atoms with Crippen LogP contribution >= 0.6 is 0 Å². The van der Waals surface area contributed by atoms with Gasteiger partial charge in [0.25, 0.3) is 0 Å². The fourth-order valence-electron chi connectivity index (χ4n) is 3.22. The number of rotatable bonds is 4. The van der Waals surface area contributed by atoms with Crippen LogP contribution in [0.2, 0.25) is 0 Å². The summed E-state index contributed by atoms with van der Waals surface area (Å²) in [7, 11) is 1.62. The van der Waals surface area contributed by atoms with E-state index in [2.05, 4.69) is 6.08 Å². The van der Waals surface area contributed by atoms with E-state index in [0.717, 1.165) is 23.1 Å². The van der Waals surface area contributed by atoms with Crippen molar-refractivity contribution in [2.45, 2.75) is 32.6 Å². The molecular formula is C21H24O4. The molecule has 0 aliphatic carbocycles. The number of methoxy groups -OCH3 is 1. The van der Waals surface area contributed by atoms with E-state index in [1.54, 1.807) is 19.2 Å². The summed E-state index contributed by atoms with van der Waals surface area (Å²) in [5.74, 6) is 1.96. The second-order valence-electron chi connectivity index (χ2n) is 6.67. The van der Waals surface area contributed by atoms with Crippen LogP contribution in [0.3, 0.4) is 0 Å². The van der Waals surface area contributed by atoms with Crippen molar-refractivity contribution in [1.29, 1.82) is 0 Å². The first kappa shape index (κ1) is 17.2. The Labute approximate surface area is 148 Å². The van der Waals surface area contributed by atoms with E-state index in [-0.39, 0.29) is 17.4 Å². The number of hydrogen-bond donors (Lipinski definition) is 2. The molecule has 0 unspecified atom stereocenters. The average Bonchev–Trinajstić information content (AvgIpc) is 2.59. The molecule has 4 nitrogen and oxygen atoms in total. The molecule has 1 aliphatic rings. The average molecular weight is 340 g/mol. The molecule has 2 aromatic carbocycles. The molecule has 4 heteroatoms. The molecular weight excluding hydrogens is 316 g/mol. The second-order valence-corrected chi connectivity index (χ2v) is 6.67. The molecule has 0 saturated heterocycles. The summed E-state index contributed by atoms with van der Waals surface area (Å²) in [6, 6.07) is 9.01. The highest BCUT2D eigenvalue weighted by Crippen LogP contribution is 2.41. The van der Waals surface area contributed by atoms with Crippen molar-refractivity contribution in [3.63, 3.8) is 0 Å². The minimum Gasteiger partial charge on any atom is -0.508 e. The van der Waals surface area contributed by atoms with E-state index in [1.165, 1.54) is 5.57 Å². The highest BCUT2D eigenvalue weighted by molar-refractivity contribution is 5.53. The molecule has 0 radical (unpaired) electrons. The monoisotopic (exact) mass is 340 g/mol. The lowest BCUT2D eigenvalue weighted by atomic mass is 9.88. The minimum atomic E-state index is 0.0633. The molecule has 0 fully saturated rings. The maximum absolute atomic E-state index is 10.9. The zero-order valence-electron chi connectivity index (χ0n) is 14.9. The van der Waals surface area contributed by atoms with Gasteiger partial charge in [0.05, 0.1) is 13.7 Å². The topological polar surface area (TPSA) is 58.9 Å². The van der Waals surface area contributed by atoms with Gasteiger partial charge in [0.15, 0.2) is 0 Å². The molecule has 25 heavy (non-hydrogen) atoms. The van der Waals surface area contributed by atoms with Crippen LogP contribution < -0.4 is 9.47 Å². The van der Waals surface area contributed by atoms with Crippen LogP contribution in [0.25, 0.3) is 0 Å². The Kier molecular flexibility index (Phi) is 4.88. The van der Waals surface area contributed by atoms with E-state index < -0.39 is 0 Å². The van der Waals surface area contributed by atoms with Crippen molar-refractivity contribution < 1.29 is 19.7 Å². The zero-order chi connectivity index (χ0) is 18.0. The third-order valence-electron chi connectivity index (χ3n) is 4.60. The van der Waals surface area contributed by atoms with Gasteiger partial charge in [0.1, 0.15) is 23.0 Å². The summed E-state index contributed by atoms with van der Waals surface area (Å²) in [6.45, 7) is 4.54. The molecule has 0 saturated carbocycles. The maximum atomic E-state index is 10.9. The summed E-state index contributed by atoms with van der Waals surface area (Å²) in [5, 5.41) is 20.4. The second kappa shape index (κ2) is 7.09. The van der Waals surface area contributed by atoms with Gasteiger partial charge in [-0.15, -0.1) is 0 Å². The number of phenolic OH excluding ortho intramolecular Hbond substituents is 2. The van der Waals surface area contributed by atoms with Gasteiger partial charge in [-0.05, 0) is 44.4 Å². The highest BCUT2D eigenvalue weighted by atomic mass is 16.5. The lowest BCUT2D eigenvalue weighted by molar-refractivity contribution is 0.258. The van der Waals surface area contributed by atoms with Crippen molar-refractivity contribution in [3.8, 4) is 23.0 Å². The highest BCUT2D eigenvalue weighted by Gasteiger charge is 2.26. The van der Waals surface area contributed by atoms with E-state index in [0.29, 0.717) is 24.5 Å². The largest absolute Gasteiger partial charge is 0.508 e. The Morgan fingerprint density at radius 1 is 1.24 bits per heavy atom. The first-order valence-electron chi connectivity index (χ1n) is 8.46. The standard InChI is InChI=1S/C21H24O4/c1-13(2)4-7-18-19(24-3)9-8-17(21(18)23)15-10-14-5-6-16(22)11-20(14)25-12-15/h4-6,8-9,11,15,22-23H,7,10,12H2,1-3H3/t15-/m0/s1. The third-order valence-corrected chi connectivity index (χ3v) is 4.60. The van der Waals surface area contributed by atoms with Gasteiger partial charge in [-0.25, -0.2) is 0 Å². The number of allylic oxidation sites excluding steroid dienone is 2. The third kappa shape index (κ3) is 3.58. The number of fused-ring (bicyclic) bond motifs is 1. The summed E-state index contributed by atoms with van der Waals surface area (Å²) >= 11 is 0. The predicted molar refractivity (Wildman–Crippen MR) is 97.8 cm³/mol. The Morgan fingerprint density at radius 3 is 2.76 bits per heavy atom. The first-order chi connectivity index (χ1) is 12.0. The smallest absolute Gasteiger partial charge is 0.126 e. The molecule has 2 N–H and O–H groups in total. The quantitative estimate of drug-likeness (QED) is 0.813. The normalized spacial score (nSPS) is 15.9. The molecule has 0 aromatic heterocycles. The number of aromatic hydroxyl groups is 2. The predicted octanol–water partition coefficient (Wildman–Crippen LogP) is 4.33. The van der Waals surface area contributed by atoms with Crippen LogP contribution in [0.15, 0.2) is 42.0 Å². The van der Waals surface area contributed by atoms with Gasteiger partial charge in [-0.3, -0.25) is 0 Å². The van der Waals surface area contributed by atoms with Crippen molar-refractivity contribution in [2.24, 2.45) is 0 Å². The van der Waals surface area contributed by atoms with Gasteiger partial charge in [-0.1, -0.05) is 23.8 Å². The van der Waals surface area contributed by atoms with Crippen molar-refractivity contribution in [3.05, 3.63) is 58.7 Å². The van der Waals surface area contributed by atoms with Crippen LogP contribution in [0.1, 0.15) is 36.5 Å². The first-order valence-corrected chi connectivity index (χ1v) is 8.46. The van der Waals surface area contributed by atoms with Crippen LogP contribution in [-0.4, -0.2) is 23.9 Å². The van der Waals surface area contributed by atoms with Gasteiger partial charge in [0.2, 0.25) is 0 Å². The maximum Gasteiger partial charge on any atom is 0.126 e. The number of phenols is 2. The van der Waals surface area contributed by atoms with Crippen molar-refractivity contribution in [1.82, 2.24) is 0 Å². The summed E-state index contributed by atoms with van der Waals surface area (Å²) in [4.78, 5) is 0. The van der Waals surface area contributed by atoms with E-state index in [9.17, 15) is 10.2 Å².